The molecule has 0 N–H and O–H groups in total. The summed E-state index contributed by atoms with van der Waals surface area (Å²) in [5, 5.41) is 0. The third-order valence-electron chi connectivity index (χ3n) is 4.78. The number of carbonyl (C=O) groups excluding carboxylic acids is 2. The molecular formula is C17H20F2N2O2. The summed E-state index contributed by atoms with van der Waals surface area (Å²) >= 11 is 0. The highest BCUT2D eigenvalue weighted by atomic mass is 19.1. The lowest BCUT2D eigenvalue weighted by Gasteiger charge is -2.32. The summed E-state index contributed by atoms with van der Waals surface area (Å²) < 4.78 is 27.7. The van der Waals surface area contributed by atoms with Crippen LogP contribution >= 0.6 is 0 Å². The molecule has 2 amide bonds. The Morgan fingerprint density at radius 3 is 2.39 bits per heavy atom. The number of rotatable bonds is 2. The lowest BCUT2D eigenvalue weighted by molar-refractivity contribution is -0.137. The lowest BCUT2D eigenvalue weighted by Crippen LogP contribution is -2.42. The van der Waals surface area contributed by atoms with Gasteiger partial charge < -0.3 is 9.80 Å². The van der Waals surface area contributed by atoms with Crippen molar-refractivity contribution in [2.24, 2.45) is 11.8 Å². The van der Waals surface area contributed by atoms with Gasteiger partial charge in [0.05, 0.1) is 5.92 Å². The highest BCUT2D eigenvalue weighted by molar-refractivity contribution is 6.00. The van der Waals surface area contributed by atoms with Crippen LogP contribution in [0.4, 0.5) is 14.5 Å². The van der Waals surface area contributed by atoms with Gasteiger partial charge in [-0.05, 0) is 30.9 Å². The van der Waals surface area contributed by atoms with Crippen LogP contribution in [0.15, 0.2) is 18.2 Å². The maximum Gasteiger partial charge on any atom is 0.228 e. The van der Waals surface area contributed by atoms with E-state index in [1.807, 2.05) is 0 Å². The van der Waals surface area contributed by atoms with Crippen molar-refractivity contribution in [3.05, 3.63) is 29.8 Å². The van der Waals surface area contributed by atoms with Crippen molar-refractivity contribution in [1.29, 1.82) is 0 Å². The monoisotopic (exact) mass is 322 g/mol. The first-order valence-corrected chi connectivity index (χ1v) is 8.00. The van der Waals surface area contributed by atoms with Crippen molar-refractivity contribution in [3.8, 4) is 0 Å². The van der Waals surface area contributed by atoms with E-state index in [-0.39, 0.29) is 24.6 Å². The first kappa shape index (κ1) is 15.9. The molecular weight excluding hydrogens is 302 g/mol. The number of nitrogens with zero attached hydrogens (tertiary/aromatic N) is 2. The topological polar surface area (TPSA) is 40.6 Å². The molecule has 0 saturated carbocycles. The van der Waals surface area contributed by atoms with Crippen LogP contribution in [0.2, 0.25) is 0 Å². The molecule has 0 aromatic heterocycles. The molecule has 23 heavy (non-hydrogen) atoms. The fourth-order valence-electron chi connectivity index (χ4n) is 3.32. The normalized spacial score (nSPS) is 22.7. The smallest absolute Gasteiger partial charge is 0.228 e. The van der Waals surface area contributed by atoms with E-state index in [0.717, 1.165) is 29.9 Å². The zero-order chi connectivity index (χ0) is 16.6. The van der Waals surface area contributed by atoms with Gasteiger partial charge in [-0.15, -0.1) is 0 Å². The molecule has 2 heterocycles. The van der Waals surface area contributed by atoms with Gasteiger partial charge in [0.15, 0.2) is 0 Å². The van der Waals surface area contributed by atoms with Gasteiger partial charge in [0.25, 0.3) is 0 Å². The van der Waals surface area contributed by atoms with E-state index in [1.54, 1.807) is 4.90 Å². The molecule has 2 fully saturated rings. The fourth-order valence-corrected chi connectivity index (χ4v) is 3.32. The van der Waals surface area contributed by atoms with E-state index >= 15 is 0 Å². The molecule has 1 aromatic carbocycles. The maximum absolute atomic E-state index is 13.9. The number of carbonyl (C=O) groups is 2. The Morgan fingerprint density at radius 1 is 1.17 bits per heavy atom. The molecule has 4 nitrogen and oxygen atoms in total. The Labute approximate surface area is 134 Å². The van der Waals surface area contributed by atoms with Crippen LogP contribution in [0.25, 0.3) is 0 Å². The largest absolute Gasteiger partial charge is 0.342 e. The molecule has 3 rings (SSSR count). The molecule has 6 heteroatoms. The molecule has 1 aromatic rings. The number of para-hydroxylation sites is 1. The van der Waals surface area contributed by atoms with E-state index in [0.29, 0.717) is 19.0 Å². The minimum atomic E-state index is -0.779. The molecule has 2 saturated heterocycles. The summed E-state index contributed by atoms with van der Waals surface area (Å²) in [6, 6.07) is 3.49. The van der Waals surface area contributed by atoms with E-state index < -0.39 is 23.5 Å². The van der Waals surface area contributed by atoms with Crippen molar-refractivity contribution in [3.63, 3.8) is 0 Å². The number of anilines is 1. The Bertz CT molecular complexity index is 607. The molecule has 0 radical (unpaired) electrons. The average molecular weight is 322 g/mol. The third kappa shape index (κ3) is 3.07. The predicted molar refractivity (Wildman–Crippen MR) is 81.8 cm³/mol. The summed E-state index contributed by atoms with van der Waals surface area (Å²) in [5.41, 5.74) is -0.347. The maximum atomic E-state index is 13.9. The highest BCUT2D eigenvalue weighted by Crippen LogP contribution is 2.31. The highest BCUT2D eigenvalue weighted by Gasteiger charge is 2.39. The molecule has 2 aliphatic rings. The first-order valence-electron chi connectivity index (χ1n) is 8.00. The van der Waals surface area contributed by atoms with Gasteiger partial charge >= 0.3 is 0 Å². The number of piperidine rings is 1. The summed E-state index contributed by atoms with van der Waals surface area (Å²) in [5.74, 6) is -1.96. The molecule has 2 aliphatic heterocycles. The SMILES string of the molecule is CC1CCN(C(=O)C2CC(=O)N(c3c(F)cccc3F)C2)CC1. The van der Waals surface area contributed by atoms with Crippen molar-refractivity contribution in [1.82, 2.24) is 4.90 Å². The van der Waals surface area contributed by atoms with Gasteiger partial charge in [0.1, 0.15) is 17.3 Å². The molecule has 1 unspecified atom stereocenters. The van der Waals surface area contributed by atoms with Gasteiger partial charge in [-0.25, -0.2) is 8.78 Å². The van der Waals surface area contributed by atoms with Crippen molar-refractivity contribution >= 4 is 17.5 Å². The second kappa shape index (κ2) is 6.26. The zero-order valence-electron chi connectivity index (χ0n) is 13.1. The van der Waals surface area contributed by atoms with Crippen LogP contribution in [-0.2, 0) is 9.59 Å². The molecule has 1 atom stereocenters. The molecule has 124 valence electrons. The Kier molecular flexibility index (Phi) is 4.33. The van der Waals surface area contributed by atoms with Crippen LogP contribution in [0.1, 0.15) is 26.2 Å². The second-order valence-electron chi connectivity index (χ2n) is 6.48. The Morgan fingerprint density at radius 2 is 1.78 bits per heavy atom. The number of amides is 2. The number of halogens is 2. The Balaban J connectivity index is 1.74. The number of likely N-dealkylation sites (tertiary alicyclic amines) is 1. The fraction of sp³-hybridized carbons (Fsp3) is 0.529. The van der Waals surface area contributed by atoms with Gasteiger partial charge in [-0.1, -0.05) is 13.0 Å². The van der Waals surface area contributed by atoms with Crippen LogP contribution in [-0.4, -0.2) is 36.3 Å². The van der Waals surface area contributed by atoms with Crippen molar-refractivity contribution < 1.29 is 18.4 Å². The van der Waals surface area contributed by atoms with Gasteiger partial charge in [0, 0.05) is 26.1 Å². The quantitative estimate of drug-likeness (QED) is 0.840. The van der Waals surface area contributed by atoms with E-state index in [9.17, 15) is 18.4 Å². The van der Waals surface area contributed by atoms with E-state index in [4.69, 9.17) is 0 Å². The van der Waals surface area contributed by atoms with Crippen molar-refractivity contribution in [2.75, 3.05) is 24.5 Å². The van der Waals surface area contributed by atoms with E-state index in [2.05, 4.69) is 6.92 Å². The third-order valence-corrected chi connectivity index (χ3v) is 4.78. The van der Waals surface area contributed by atoms with Crippen molar-refractivity contribution in [2.45, 2.75) is 26.2 Å². The molecule has 0 bridgehead atoms. The number of hydrogen-bond acceptors (Lipinski definition) is 2. The van der Waals surface area contributed by atoms with Crippen LogP contribution in [0.3, 0.4) is 0 Å². The minimum Gasteiger partial charge on any atom is -0.342 e. The molecule has 0 spiro atoms. The van der Waals surface area contributed by atoms with Gasteiger partial charge in [0.2, 0.25) is 11.8 Å². The summed E-state index contributed by atoms with van der Waals surface area (Å²) in [4.78, 5) is 27.6. The predicted octanol–water partition coefficient (Wildman–Crippen LogP) is 2.58. The second-order valence-corrected chi connectivity index (χ2v) is 6.48. The summed E-state index contributed by atoms with van der Waals surface area (Å²) in [7, 11) is 0. The van der Waals surface area contributed by atoms with Gasteiger partial charge in [-0.2, -0.15) is 0 Å². The van der Waals surface area contributed by atoms with E-state index in [1.165, 1.54) is 6.07 Å². The zero-order valence-corrected chi connectivity index (χ0v) is 13.1. The summed E-state index contributed by atoms with van der Waals surface area (Å²) in [6.45, 7) is 3.59. The molecule has 0 aliphatic carbocycles. The standard InChI is InChI=1S/C17H20F2N2O2/c1-11-5-7-20(8-6-11)17(23)12-9-15(22)21(10-12)16-13(18)3-2-4-14(16)19/h2-4,11-12H,5-10H2,1H3. The van der Waals surface area contributed by atoms with Crippen LogP contribution < -0.4 is 4.90 Å². The minimum absolute atomic E-state index is 0.0126. The number of hydrogen-bond donors (Lipinski definition) is 0. The van der Waals surface area contributed by atoms with Gasteiger partial charge in [-0.3, -0.25) is 9.59 Å². The number of benzene rings is 1. The van der Waals surface area contributed by atoms with Crippen LogP contribution in [0, 0.1) is 23.5 Å². The Hall–Kier alpha value is -1.98. The van der Waals surface area contributed by atoms with Crippen LogP contribution in [0.5, 0.6) is 0 Å². The summed E-state index contributed by atoms with van der Waals surface area (Å²) in [6.07, 6.45) is 1.93. The average Bonchev–Trinajstić information content (AvgIpc) is 2.89. The lowest BCUT2D eigenvalue weighted by atomic mass is 9.97. The first-order chi connectivity index (χ1) is 11.0.